The summed E-state index contributed by atoms with van der Waals surface area (Å²) in [6.07, 6.45) is 6.93. The van der Waals surface area contributed by atoms with Crippen LogP contribution >= 0.6 is 0 Å². The Morgan fingerprint density at radius 3 is 2.55 bits per heavy atom. The molecule has 1 aromatic carbocycles. The van der Waals surface area contributed by atoms with Gasteiger partial charge in [-0.05, 0) is 88.3 Å². The Labute approximate surface area is 173 Å². The molecule has 1 amide bonds. The Morgan fingerprint density at radius 2 is 1.97 bits per heavy atom. The lowest BCUT2D eigenvalue weighted by atomic mass is 9.47. The third-order valence-corrected chi connectivity index (χ3v) is 7.33. The fraction of sp³-hybridized carbons (Fsp3) is 0.609. The number of aliphatic imine (C=N–C) groups is 1. The monoisotopic (exact) mass is 393 g/mol. The third kappa shape index (κ3) is 3.59. The first-order chi connectivity index (χ1) is 13.7. The maximum absolute atomic E-state index is 12.2. The Balaban J connectivity index is 1.54. The molecule has 4 N–H and O–H groups in total. The van der Waals surface area contributed by atoms with Crippen molar-refractivity contribution in [2.24, 2.45) is 33.9 Å². The second kappa shape index (κ2) is 7.05. The van der Waals surface area contributed by atoms with Crippen LogP contribution in [0, 0.1) is 41.5 Å². The predicted octanol–water partition coefficient (Wildman–Crippen LogP) is 3.33. The summed E-state index contributed by atoms with van der Waals surface area (Å²) < 4.78 is 0. The first-order valence-corrected chi connectivity index (χ1v) is 10.6. The summed E-state index contributed by atoms with van der Waals surface area (Å²) in [5, 5.41) is 16.5. The van der Waals surface area contributed by atoms with Crippen molar-refractivity contribution in [3.8, 4) is 6.19 Å². The molecule has 0 aromatic heterocycles. The molecule has 4 bridgehead atoms. The quantitative estimate of drug-likeness (QED) is 0.405. The van der Waals surface area contributed by atoms with E-state index >= 15 is 0 Å². The molecule has 4 saturated carbocycles. The van der Waals surface area contributed by atoms with Gasteiger partial charge < -0.3 is 16.4 Å². The molecule has 5 rings (SSSR count). The fourth-order valence-electron chi connectivity index (χ4n) is 6.26. The van der Waals surface area contributed by atoms with Gasteiger partial charge in [-0.3, -0.25) is 4.79 Å². The highest BCUT2D eigenvalue weighted by molar-refractivity contribution is 5.94. The zero-order chi connectivity index (χ0) is 20.8. The van der Waals surface area contributed by atoms with Crippen molar-refractivity contribution in [3.63, 3.8) is 0 Å². The lowest BCUT2D eigenvalue weighted by Gasteiger charge is -2.59. The van der Waals surface area contributed by atoms with Crippen LogP contribution in [0.4, 0.5) is 5.69 Å². The van der Waals surface area contributed by atoms with E-state index in [1.165, 1.54) is 5.56 Å². The molecule has 0 heterocycles. The second-order valence-corrected chi connectivity index (χ2v) is 9.96. The van der Waals surface area contributed by atoms with Gasteiger partial charge in [-0.15, -0.1) is 0 Å². The molecule has 154 valence electrons. The van der Waals surface area contributed by atoms with Gasteiger partial charge in [0.1, 0.15) is 5.84 Å². The SMILES string of the molecule is Cc1cccc(NC(C)(C)/C(=N\C#N)NC2C3CC4CC2CC(C(N)=O)(C4)C3)c1. The van der Waals surface area contributed by atoms with Gasteiger partial charge in [0.05, 0.1) is 5.54 Å². The van der Waals surface area contributed by atoms with Crippen molar-refractivity contribution < 1.29 is 4.79 Å². The second-order valence-electron chi connectivity index (χ2n) is 9.96. The van der Waals surface area contributed by atoms with E-state index in [2.05, 4.69) is 34.7 Å². The highest BCUT2D eigenvalue weighted by atomic mass is 16.1. The Bertz CT molecular complexity index is 867. The van der Waals surface area contributed by atoms with Gasteiger partial charge >= 0.3 is 0 Å². The number of nitrogens with one attached hydrogen (secondary N) is 2. The molecule has 2 atom stereocenters. The number of amides is 1. The van der Waals surface area contributed by atoms with Gasteiger partial charge in [0, 0.05) is 17.1 Å². The van der Waals surface area contributed by atoms with Crippen LogP contribution in [0.1, 0.15) is 51.5 Å². The molecule has 0 saturated heterocycles. The van der Waals surface area contributed by atoms with E-state index in [1.54, 1.807) is 0 Å². The number of rotatable bonds is 5. The minimum atomic E-state index is -0.528. The van der Waals surface area contributed by atoms with Crippen LogP contribution in [0.25, 0.3) is 0 Å². The van der Waals surface area contributed by atoms with Crippen molar-refractivity contribution in [2.45, 2.75) is 64.5 Å². The molecule has 0 aliphatic heterocycles. The fourth-order valence-corrected chi connectivity index (χ4v) is 6.26. The van der Waals surface area contributed by atoms with Crippen molar-refractivity contribution in [1.82, 2.24) is 5.32 Å². The average Bonchev–Trinajstić information content (AvgIpc) is 2.62. The lowest BCUT2D eigenvalue weighted by Crippen LogP contribution is -2.64. The van der Waals surface area contributed by atoms with Crippen LogP contribution in [0.5, 0.6) is 0 Å². The van der Waals surface area contributed by atoms with E-state index in [1.807, 2.05) is 32.2 Å². The Hall–Kier alpha value is -2.55. The van der Waals surface area contributed by atoms with Gasteiger partial charge in [0.2, 0.25) is 12.1 Å². The first-order valence-electron chi connectivity index (χ1n) is 10.6. The van der Waals surface area contributed by atoms with E-state index < -0.39 is 5.54 Å². The summed E-state index contributed by atoms with van der Waals surface area (Å²) in [4.78, 5) is 16.4. The number of aryl methyl sites for hydroxylation is 1. The third-order valence-electron chi connectivity index (χ3n) is 7.33. The Morgan fingerprint density at radius 1 is 1.28 bits per heavy atom. The summed E-state index contributed by atoms with van der Waals surface area (Å²) in [7, 11) is 0. The molecule has 2 unspecified atom stereocenters. The van der Waals surface area contributed by atoms with E-state index in [9.17, 15) is 10.1 Å². The van der Waals surface area contributed by atoms with Crippen LogP contribution in [-0.4, -0.2) is 23.3 Å². The number of amidine groups is 1. The maximum Gasteiger partial charge on any atom is 0.223 e. The smallest absolute Gasteiger partial charge is 0.223 e. The molecule has 1 aromatic rings. The number of primary amides is 1. The molecule has 6 heteroatoms. The molecular weight excluding hydrogens is 362 g/mol. The average molecular weight is 394 g/mol. The summed E-state index contributed by atoms with van der Waals surface area (Å²) in [5.74, 6) is 1.96. The highest BCUT2D eigenvalue weighted by Crippen LogP contribution is 2.60. The van der Waals surface area contributed by atoms with Crippen LogP contribution in [0.2, 0.25) is 0 Å². The zero-order valence-electron chi connectivity index (χ0n) is 17.5. The largest absolute Gasteiger partial charge is 0.373 e. The van der Waals surface area contributed by atoms with E-state index in [0.717, 1.165) is 37.8 Å². The lowest BCUT2D eigenvalue weighted by molar-refractivity contribution is -0.145. The number of nitrogens with zero attached hydrogens (tertiary/aromatic N) is 2. The zero-order valence-corrected chi connectivity index (χ0v) is 17.5. The molecule has 29 heavy (non-hydrogen) atoms. The number of hydrogen-bond acceptors (Lipinski definition) is 4. The molecule has 4 aliphatic carbocycles. The minimum Gasteiger partial charge on any atom is -0.373 e. The summed E-state index contributed by atoms with van der Waals surface area (Å²) in [5.41, 5.74) is 7.16. The van der Waals surface area contributed by atoms with Crippen LogP contribution in [0.15, 0.2) is 29.3 Å². The van der Waals surface area contributed by atoms with Crippen LogP contribution in [0.3, 0.4) is 0 Å². The van der Waals surface area contributed by atoms with Gasteiger partial charge in [-0.25, -0.2) is 0 Å². The van der Waals surface area contributed by atoms with E-state index in [0.29, 0.717) is 23.6 Å². The maximum atomic E-state index is 12.2. The highest BCUT2D eigenvalue weighted by Gasteiger charge is 2.58. The summed E-state index contributed by atoms with van der Waals surface area (Å²) in [6.45, 7) is 6.14. The van der Waals surface area contributed by atoms with Crippen molar-refractivity contribution in [3.05, 3.63) is 29.8 Å². The minimum absolute atomic E-state index is 0.122. The topological polar surface area (TPSA) is 103 Å². The standard InChI is InChI=1S/C23H31N5O/c1-14-5-4-6-18(7-14)28-22(2,3)21(26-13-24)27-19-16-8-15-9-17(19)12-23(10-15,11-16)20(25)29/h4-7,15-17,19,28H,8-12H2,1-3H3,(H2,25,29)(H,26,27). The number of nitriles is 1. The number of benzene rings is 1. The normalized spacial score (nSPS) is 33.2. The first kappa shape index (κ1) is 19.8. The molecule has 0 spiro atoms. The Kier molecular flexibility index (Phi) is 4.80. The number of nitrogens with two attached hydrogens (primary N) is 1. The van der Waals surface area contributed by atoms with Crippen LogP contribution in [-0.2, 0) is 4.79 Å². The van der Waals surface area contributed by atoms with Gasteiger partial charge in [0.25, 0.3) is 0 Å². The molecule has 4 fully saturated rings. The molecular formula is C23H31N5O. The molecule has 0 radical (unpaired) electrons. The molecule has 6 nitrogen and oxygen atoms in total. The van der Waals surface area contributed by atoms with Gasteiger partial charge in [0.15, 0.2) is 0 Å². The summed E-state index contributed by atoms with van der Waals surface area (Å²) >= 11 is 0. The summed E-state index contributed by atoms with van der Waals surface area (Å²) in [6, 6.07) is 8.43. The van der Waals surface area contributed by atoms with Crippen LogP contribution < -0.4 is 16.4 Å². The van der Waals surface area contributed by atoms with Gasteiger partial charge in [-0.1, -0.05) is 12.1 Å². The molecule has 4 aliphatic rings. The van der Waals surface area contributed by atoms with Crippen molar-refractivity contribution in [1.29, 1.82) is 5.26 Å². The van der Waals surface area contributed by atoms with E-state index in [-0.39, 0.29) is 17.4 Å². The number of hydrogen-bond donors (Lipinski definition) is 3. The number of anilines is 1. The number of carbonyl (C=O) groups excluding carboxylic acids is 1. The van der Waals surface area contributed by atoms with Crippen molar-refractivity contribution in [2.75, 3.05) is 5.32 Å². The van der Waals surface area contributed by atoms with E-state index in [4.69, 9.17) is 5.73 Å². The van der Waals surface area contributed by atoms with Gasteiger partial charge in [-0.2, -0.15) is 10.3 Å². The predicted molar refractivity (Wildman–Crippen MR) is 114 cm³/mol. The van der Waals surface area contributed by atoms with Crippen molar-refractivity contribution >= 4 is 17.4 Å². The number of carbonyl (C=O) groups is 1.